The van der Waals surface area contributed by atoms with E-state index in [1.165, 1.54) is 0 Å². The largest absolute Gasteiger partial charge is 0.462 e. The number of hydrogen-bond donors (Lipinski definition) is 0. The smallest absolute Gasteiger partial charge is 0.320 e. The molecule has 0 aliphatic carbocycles. The highest BCUT2D eigenvalue weighted by Crippen LogP contribution is 2.00. The van der Waals surface area contributed by atoms with E-state index in [1.54, 1.807) is 0 Å². The first kappa shape index (κ1) is 12.4. The van der Waals surface area contributed by atoms with Crippen LogP contribution < -0.4 is 0 Å². The van der Waals surface area contributed by atoms with E-state index >= 15 is 0 Å². The molecule has 0 radical (unpaired) electrons. The summed E-state index contributed by atoms with van der Waals surface area (Å²) >= 11 is 0. The SMILES string of the molecule is CCC(C)N(C)CC(=O)OC(C)C. The fourth-order valence-corrected chi connectivity index (χ4v) is 0.971. The van der Waals surface area contributed by atoms with Gasteiger partial charge in [-0.1, -0.05) is 6.92 Å². The second-order valence-corrected chi connectivity index (χ2v) is 3.71. The quantitative estimate of drug-likeness (QED) is 0.613. The van der Waals surface area contributed by atoms with Crippen LogP contribution in [-0.2, 0) is 9.53 Å². The lowest BCUT2D eigenvalue weighted by Gasteiger charge is -2.22. The fourth-order valence-electron chi connectivity index (χ4n) is 0.971. The molecule has 0 aromatic rings. The molecule has 0 aliphatic heterocycles. The van der Waals surface area contributed by atoms with Crippen molar-refractivity contribution in [2.24, 2.45) is 0 Å². The Morgan fingerprint density at radius 1 is 1.38 bits per heavy atom. The van der Waals surface area contributed by atoms with Crippen molar-refractivity contribution in [3.05, 3.63) is 0 Å². The molecule has 0 rings (SSSR count). The first-order valence-corrected chi connectivity index (χ1v) is 4.87. The van der Waals surface area contributed by atoms with Crippen molar-refractivity contribution in [1.82, 2.24) is 4.90 Å². The van der Waals surface area contributed by atoms with Crippen molar-refractivity contribution in [3.8, 4) is 0 Å². The van der Waals surface area contributed by atoms with Gasteiger partial charge in [0.25, 0.3) is 0 Å². The number of likely N-dealkylation sites (N-methyl/N-ethyl adjacent to an activating group) is 1. The van der Waals surface area contributed by atoms with Gasteiger partial charge >= 0.3 is 5.97 Å². The maximum atomic E-state index is 11.2. The molecule has 13 heavy (non-hydrogen) atoms. The molecular weight excluding hydrogens is 166 g/mol. The monoisotopic (exact) mass is 187 g/mol. The Hall–Kier alpha value is -0.570. The second kappa shape index (κ2) is 5.97. The van der Waals surface area contributed by atoms with Crippen molar-refractivity contribution < 1.29 is 9.53 Å². The van der Waals surface area contributed by atoms with E-state index < -0.39 is 0 Å². The van der Waals surface area contributed by atoms with Gasteiger partial charge in [-0.05, 0) is 34.2 Å². The molecule has 0 bridgehead atoms. The zero-order valence-electron chi connectivity index (χ0n) is 9.33. The van der Waals surface area contributed by atoms with Gasteiger partial charge in [0.05, 0.1) is 12.6 Å². The van der Waals surface area contributed by atoms with E-state index in [0.29, 0.717) is 12.6 Å². The van der Waals surface area contributed by atoms with E-state index in [9.17, 15) is 4.79 Å². The van der Waals surface area contributed by atoms with E-state index in [-0.39, 0.29) is 12.1 Å². The predicted molar refractivity (Wildman–Crippen MR) is 53.6 cm³/mol. The van der Waals surface area contributed by atoms with Crippen LogP contribution in [0.4, 0.5) is 0 Å². The molecule has 0 aliphatic rings. The number of rotatable bonds is 5. The van der Waals surface area contributed by atoms with Crippen molar-refractivity contribution in [2.45, 2.75) is 46.3 Å². The van der Waals surface area contributed by atoms with Gasteiger partial charge in [0.1, 0.15) is 0 Å². The number of ether oxygens (including phenoxy) is 1. The predicted octanol–water partition coefficient (Wildman–Crippen LogP) is 1.67. The van der Waals surface area contributed by atoms with Crippen LogP contribution in [0.3, 0.4) is 0 Å². The minimum absolute atomic E-state index is 0.0159. The Bertz CT molecular complexity index is 157. The summed E-state index contributed by atoms with van der Waals surface area (Å²) in [5.74, 6) is -0.141. The Kier molecular flexibility index (Phi) is 5.71. The number of esters is 1. The standard InChI is InChI=1S/C10H21NO2/c1-6-9(4)11(5)7-10(12)13-8(2)3/h8-9H,6-7H2,1-5H3. The van der Waals surface area contributed by atoms with Crippen molar-refractivity contribution in [3.63, 3.8) is 0 Å². The van der Waals surface area contributed by atoms with Crippen LogP contribution >= 0.6 is 0 Å². The summed E-state index contributed by atoms with van der Waals surface area (Å²) in [6.45, 7) is 8.31. The molecule has 0 aromatic heterocycles. The summed E-state index contributed by atoms with van der Waals surface area (Å²) < 4.78 is 5.03. The van der Waals surface area contributed by atoms with Gasteiger partial charge in [-0.15, -0.1) is 0 Å². The van der Waals surface area contributed by atoms with Crippen molar-refractivity contribution >= 4 is 5.97 Å². The number of nitrogens with zero attached hydrogens (tertiary/aromatic N) is 1. The van der Waals surface area contributed by atoms with E-state index in [2.05, 4.69) is 13.8 Å². The van der Waals surface area contributed by atoms with Gasteiger partial charge in [0, 0.05) is 6.04 Å². The molecule has 0 N–H and O–H groups in total. The van der Waals surface area contributed by atoms with Crippen LogP contribution in [-0.4, -0.2) is 36.6 Å². The van der Waals surface area contributed by atoms with E-state index in [1.807, 2.05) is 25.8 Å². The molecule has 3 heteroatoms. The molecule has 0 saturated heterocycles. The molecule has 0 aromatic carbocycles. The Labute approximate surface area is 81.1 Å². The molecule has 0 heterocycles. The average Bonchev–Trinajstić information content (AvgIpc) is 2.01. The summed E-state index contributed by atoms with van der Waals surface area (Å²) in [5.41, 5.74) is 0. The van der Waals surface area contributed by atoms with Gasteiger partial charge in [0.2, 0.25) is 0 Å². The summed E-state index contributed by atoms with van der Waals surface area (Å²) in [5, 5.41) is 0. The first-order chi connectivity index (χ1) is 5.97. The third-order valence-corrected chi connectivity index (χ3v) is 2.09. The van der Waals surface area contributed by atoms with E-state index in [4.69, 9.17) is 4.74 Å². The average molecular weight is 187 g/mol. The number of carbonyl (C=O) groups excluding carboxylic acids is 1. The van der Waals surface area contributed by atoms with Gasteiger partial charge in [-0.3, -0.25) is 9.69 Å². The fraction of sp³-hybridized carbons (Fsp3) is 0.900. The Morgan fingerprint density at radius 2 is 1.92 bits per heavy atom. The lowest BCUT2D eigenvalue weighted by molar-refractivity contribution is -0.148. The molecule has 0 fully saturated rings. The van der Waals surface area contributed by atoms with Crippen LogP contribution in [0.5, 0.6) is 0 Å². The molecular formula is C10H21NO2. The van der Waals surface area contributed by atoms with Gasteiger partial charge in [-0.2, -0.15) is 0 Å². The van der Waals surface area contributed by atoms with Crippen LogP contribution in [0.1, 0.15) is 34.1 Å². The highest BCUT2D eigenvalue weighted by molar-refractivity contribution is 5.71. The lowest BCUT2D eigenvalue weighted by Crippen LogP contribution is -2.35. The van der Waals surface area contributed by atoms with Gasteiger partial charge in [0.15, 0.2) is 0 Å². The van der Waals surface area contributed by atoms with Gasteiger partial charge in [-0.25, -0.2) is 0 Å². The topological polar surface area (TPSA) is 29.5 Å². The van der Waals surface area contributed by atoms with Crippen LogP contribution in [0, 0.1) is 0 Å². The highest BCUT2D eigenvalue weighted by Gasteiger charge is 2.12. The van der Waals surface area contributed by atoms with Crippen LogP contribution in [0.2, 0.25) is 0 Å². The molecule has 0 saturated carbocycles. The summed E-state index contributed by atoms with van der Waals surface area (Å²) in [6, 6.07) is 0.430. The lowest BCUT2D eigenvalue weighted by atomic mass is 10.2. The van der Waals surface area contributed by atoms with E-state index in [0.717, 1.165) is 6.42 Å². The summed E-state index contributed by atoms with van der Waals surface area (Å²) in [6.07, 6.45) is 1.03. The molecule has 0 spiro atoms. The molecule has 78 valence electrons. The maximum Gasteiger partial charge on any atom is 0.320 e. The molecule has 1 atom stereocenters. The summed E-state index contributed by atoms with van der Waals surface area (Å²) in [4.78, 5) is 13.2. The van der Waals surface area contributed by atoms with Crippen molar-refractivity contribution in [2.75, 3.05) is 13.6 Å². The molecule has 3 nitrogen and oxygen atoms in total. The van der Waals surface area contributed by atoms with Gasteiger partial charge < -0.3 is 4.74 Å². The second-order valence-electron chi connectivity index (χ2n) is 3.71. The maximum absolute atomic E-state index is 11.2. The molecule has 0 amide bonds. The zero-order chi connectivity index (χ0) is 10.4. The summed E-state index contributed by atoms with van der Waals surface area (Å²) in [7, 11) is 1.94. The number of hydrogen-bond acceptors (Lipinski definition) is 3. The first-order valence-electron chi connectivity index (χ1n) is 4.87. The minimum atomic E-state index is -0.141. The Morgan fingerprint density at radius 3 is 2.31 bits per heavy atom. The number of carbonyl (C=O) groups is 1. The van der Waals surface area contributed by atoms with Crippen LogP contribution in [0.25, 0.3) is 0 Å². The minimum Gasteiger partial charge on any atom is -0.462 e. The third-order valence-electron chi connectivity index (χ3n) is 2.09. The highest BCUT2D eigenvalue weighted by atomic mass is 16.5. The molecule has 1 unspecified atom stereocenters. The normalized spacial score (nSPS) is 13.5. The zero-order valence-corrected chi connectivity index (χ0v) is 9.33. The Balaban J connectivity index is 3.77. The third kappa shape index (κ3) is 5.64. The van der Waals surface area contributed by atoms with Crippen LogP contribution in [0.15, 0.2) is 0 Å². The van der Waals surface area contributed by atoms with Crippen molar-refractivity contribution in [1.29, 1.82) is 0 Å².